The number of carbonyl (C=O) groups excluding carboxylic acids is 2. The zero-order valence-electron chi connectivity index (χ0n) is 38.1. The van der Waals surface area contributed by atoms with Gasteiger partial charge in [0.05, 0.1) is 12.7 Å². The van der Waals surface area contributed by atoms with Crippen molar-refractivity contribution in [3.63, 3.8) is 0 Å². The Balaban J connectivity index is 2.54. The molecule has 1 fully saturated rings. The SMILES string of the molecule is CC/C=C\C(O)C/C=C/C=C\C/C=C\C/C=C\CCCC(=O)OC[C@H](COP(=O)(O)OC1[C@H](O)[C@H](O)C(O)[C@H](O)[C@H]1O)OC(=O)CCCCCC/C=C\C/C=C\C/C=C\CCCCC. The minimum atomic E-state index is -5.15. The normalized spacial score (nSPS) is 23.0. The molecule has 0 aliphatic heterocycles. The Labute approximate surface area is 382 Å². The minimum absolute atomic E-state index is 0.0444. The number of phosphoric acid groups is 1. The Hall–Kier alpha value is -3.27. The fraction of sp³-hybridized carbons (Fsp3) is 0.633. The monoisotopic (exact) mass is 923 g/mol. The second kappa shape index (κ2) is 37.9. The van der Waals surface area contributed by atoms with Crippen LogP contribution in [0.2, 0.25) is 0 Å². The summed E-state index contributed by atoms with van der Waals surface area (Å²) in [6, 6.07) is 0. The average molecular weight is 923 g/mol. The van der Waals surface area contributed by atoms with Crippen LogP contribution in [0.1, 0.15) is 136 Å². The molecule has 7 N–H and O–H groups in total. The van der Waals surface area contributed by atoms with Crippen molar-refractivity contribution in [2.75, 3.05) is 13.2 Å². The first-order valence-electron chi connectivity index (χ1n) is 23.1. The van der Waals surface area contributed by atoms with Crippen molar-refractivity contribution >= 4 is 19.8 Å². The number of esters is 2. The molecule has 1 aliphatic rings. The number of unbranched alkanes of at least 4 members (excludes halogenated alkanes) is 8. The van der Waals surface area contributed by atoms with Gasteiger partial charge in [0.2, 0.25) is 0 Å². The van der Waals surface area contributed by atoms with Crippen LogP contribution in [0.25, 0.3) is 0 Å². The van der Waals surface area contributed by atoms with Crippen LogP contribution in [0.5, 0.6) is 0 Å². The van der Waals surface area contributed by atoms with Gasteiger partial charge in [-0.3, -0.25) is 18.6 Å². The van der Waals surface area contributed by atoms with Gasteiger partial charge in [-0.15, -0.1) is 0 Å². The molecule has 15 heteroatoms. The van der Waals surface area contributed by atoms with Gasteiger partial charge >= 0.3 is 19.8 Å². The lowest BCUT2D eigenvalue weighted by atomic mass is 9.85. The number of hydrogen-bond acceptors (Lipinski definition) is 13. The number of aliphatic hydroxyl groups excluding tert-OH is 6. The van der Waals surface area contributed by atoms with Crippen LogP contribution in [0, 0.1) is 0 Å². The molecule has 0 bridgehead atoms. The molecule has 4 unspecified atom stereocenters. The van der Waals surface area contributed by atoms with Crippen molar-refractivity contribution in [2.45, 2.75) is 185 Å². The molecule has 1 aliphatic carbocycles. The summed E-state index contributed by atoms with van der Waals surface area (Å²) in [5, 5.41) is 59.9. The largest absolute Gasteiger partial charge is 0.472 e. The van der Waals surface area contributed by atoms with Crippen molar-refractivity contribution in [1.29, 1.82) is 0 Å². The summed E-state index contributed by atoms with van der Waals surface area (Å²) < 4.78 is 33.4. The predicted molar refractivity (Wildman–Crippen MR) is 250 cm³/mol. The van der Waals surface area contributed by atoms with E-state index in [2.05, 4.69) is 43.4 Å². The van der Waals surface area contributed by atoms with Crippen molar-refractivity contribution in [1.82, 2.24) is 0 Å². The maximum atomic E-state index is 12.8. The van der Waals surface area contributed by atoms with E-state index in [1.807, 2.05) is 61.6 Å². The lowest BCUT2D eigenvalue weighted by molar-refractivity contribution is -0.220. The summed E-state index contributed by atoms with van der Waals surface area (Å²) >= 11 is 0. The summed E-state index contributed by atoms with van der Waals surface area (Å²) in [6.07, 6.45) is 33.7. The van der Waals surface area contributed by atoms with Gasteiger partial charge in [0.25, 0.3) is 0 Å². The zero-order chi connectivity index (χ0) is 47.3. The third-order valence-electron chi connectivity index (χ3n) is 9.98. The Morgan fingerprint density at radius 3 is 1.67 bits per heavy atom. The Bertz CT molecular complexity index is 1500. The molecule has 14 nitrogen and oxygen atoms in total. The van der Waals surface area contributed by atoms with E-state index in [1.54, 1.807) is 6.08 Å². The summed E-state index contributed by atoms with van der Waals surface area (Å²) in [7, 11) is -5.15. The number of rotatable bonds is 36. The molecule has 0 radical (unpaired) electrons. The van der Waals surface area contributed by atoms with Crippen LogP contribution in [0.4, 0.5) is 0 Å². The lowest BCUT2D eigenvalue weighted by Crippen LogP contribution is -2.64. The third kappa shape index (κ3) is 30.0. The molecule has 0 spiro atoms. The number of ether oxygens (including phenoxy) is 2. The minimum Gasteiger partial charge on any atom is -0.462 e. The van der Waals surface area contributed by atoms with Crippen LogP contribution >= 0.6 is 7.82 Å². The van der Waals surface area contributed by atoms with Crippen molar-refractivity contribution in [3.05, 3.63) is 97.2 Å². The number of carbonyl (C=O) groups is 2. The molecule has 364 valence electrons. The molecule has 0 aromatic carbocycles. The van der Waals surface area contributed by atoms with Crippen LogP contribution in [0.3, 0.4) is 0 Å². The summed E-state index contributed by atoms with van der Waals surface area (Å²) in [5.74, 6) is -1.23. The molecule has 0 amide bonds. The number of allylic oxidation sites excluding steroid dienone is 14. The van der Waals surface area contributed by atoms with Crippen molar-refractivity contribution < 1.29 is 68.2 Å². The van der Waals surface area contributed by atoms with Gasteiger partial charge < -0.3 is 45.0 Å². The van der Waals surface area contributed by atoms with Crippen molar-refractivity contribution in [3.8, 4) is 0 Å². The molecule has 0 aromatic rings. The molecular weight excluding hydrogens is 843 g/mol. The average Bonchev–Trinajstić information content (AvgIpc) is 3.27. The first-order valence-corrected chi connectivity index (χ1v) is 24.6. The van der Waals surface area contributed by atoms with Crippen LogP contribution in [0.15, 0.2) is 97.2 Å². The van der Waals surface area contributed by atoms with Crippen molar-refractivity contribution in [2.24, 2.45) is 0 Å². The van der Waals surface area contributed by atoms with E-state index in [1.165, 1.54) is 19.3 Å². The maximum absolute atomic E-state index is 12.8. The van der Waals surface area contributed by atoms with E-state index in [0.29, 0.717) is 25.7 Å². The highest BCUT2D eigenvalue weighted by Crippen LogP contribution is 2.47. The second-order valence-electron chi connectivity index (χ2n) is 15.7. The molecule has 0 heterocycles. The maximum Gasteiger partial charge on any atom is 0.472 e. The third-order valence-corrected chi connectivity index (χ3v) is 11.0. The molecule has 0 aromatic heterocycles. The highest BCUT2D eigenvalue weighted by molar-refractivity contribution is 7.47. The first kappa shape index (κ1) is 58.7. The Morgan fingerprint density at radius 1 is 0.578 bits per heavy atom. The van der Waals surface area contributed by atoms with Gasteiger partial charge in [0.15, 0.2) is 6.10 Å². The van der Waals surface area contributed by atoms with Gasteiger partial charge in [-0.1, -0.05) is 137 Å². The lowest BCUT2D eigenvalue weighted by Gasteiger charge is -2.41. The van der Waals surface area contributed by atoms with E-state index in [4.69, 9.17) is 18.5 Å². The summed E-state index contributed by atoms with van der Waals surface area (Å²) in [6.45, 7) is 2.95. The van der Waals surface area contributed by atoms with Gasteiger partial charge in [0.1, 0.15) is 43.2 Å². The van der Waals surface area contributed by atoms with Crippen LogP contribution in [-0.4, -0.2) is 110 Å². The number of hydrogen-bond donors (Lipinski definition) is 7. The van der Waals surface area contributed by atoms with E-state index >= 15 is 0 Å². The molecule has 1 rings (SSSR count). The fourth-order valence-electron chi connectivity index (χ4n) is 6.23. The number of aliphatic hydroxyl groups is 6. The fourth-order valence-corrected chi connectivity index (χ4v) is 7.20. The van der Waals surface area contributed by atoms with Gasteiger partial charge in [-0.05, 0) is 83.5 Å². The standard InChI is InChI=1S/C49H79O14P/c1-3-5-7-8-9-10-11-12-13-14-15-16-21-24-27-30-33-37-43(52)62-41(39-61-64(58,59)63-49-47(56)45(54)44(53)46(55)48(49)57)38-60-42(51)36-32-29-26-23-20-18-17-19-22-25-28-31-35-40(50)34-6-4-2/h6,9-10,12-13,15-18,22-23,25-26,28,31,34,40-41,44-50,53-57H,3-5,7-8,11,14,19-21,24,27,29-30,32-33,35-39H2,1-2H3,(H,58,59)/b10-9-,13-12-,16-15-,18-17-,25-22-,26-23-,31-28+,34-6-/t40?,41-,44?,45-,46+,47-,48-,49?/m1/s1. The van der Waals surface area contributed by atoms with Crippen LogP contribution < -0.4 is 0 Å². The quantitative estimate of drug-likeness (QED) is 0.0104. The zero-order valence-corrected chi connectivity index (χ0v) is 39.0. The molecule has 9 atom stereocenters. The van der Waals surface area contributed by atoms with Gasteiger partial charge in [0, 0.05) is 12.8 Å². The topological polar surface area (TPSA) is 230 Å². The highest BCUT2D eigenvalue weighted by atomic mass is 31.2. The summed E-state index contributed by atoms with van der Waals surface area (Å²) in [4.78, 5) is 35.7. The Morgan fingerprint density at radius 2 is 1.08 bits per heavy atom. The van der Waals surface area contributed by atoms with Gasteiger partial charge in [-0.25, -0.2) is 4.57 Å². The van der Waals surface area contributed by atoms with Crippen LogP contribution in [-0.2, 0) is 32.7 Å². The molecule has 64 heavy (non-hydrogen) atoms. The predicted octanol–water partition coefficient (Wildman–Crippen LogP) is 8.02. The summed E-state index contributed by atoms with van der Waals surface area (Å²) in [5.41, 5.74) is 0. The van der Waals surface area contributed by atoms with E-state index in [-0.39, 0.29) is 12.8 Å². The molecular formula is C49H79O14P. The molecule has 1 saturated carbocycles. The smallest absolute Gasteiger partial charge is 0.462 e. The van der Waals surface area contributed by atoms with E-state index < -0.39 is 81.8 Å². The number of phosphoric ester groups is 1. The highest BCUT2D eigenvalue weighted by Gasteiger charge is 2.51. The van der Waals surface area contributed by atoms with E-state index in [9.17, 15) is 49.7 Å². The Kier molecular flexibility index (Phi) is 34.8. The first-order chi connectivity index (χ1) is 30.8. The van der Waals surface area contributed by atoms with E-state index in [0.717, 1.165) is 64.2 Å². The second-order valence-corrected chi connectivity index (χ2v) is 17.1. The van der Waals surface area contributed by atoms with Gasteiger partial charge in [-0.2, -0.15) is 0 Å². The molecule has 0 saturated heterocycles.